The van der Waals surface area contributed by atoms with Crippen molar-refractivity contribution in [3.05, 3.63) is 17.9 Å². The largest absolute Gasteiger partial charge is 0.447 e. The van der Waals surface area contributed by atoms with Crippen LogP contribution < -0.4 is 0 Å². The number of hydrogen-bond acceptors (Lipinski definition) is 3. The van der Waals surface area contributed by atoms with Crippen molar-refractivity contribution in [3.63, 3.8) is 0 Å². The van der Waals surface area contributed by atoms with Crippen LogP contribution >= 0.6 is 11.6 Å². The van der Waals surface area contributed by atoms with Gasteiger partial charge in [-0.15, -0.1) is 11.6 Å². The summed E-state index contributed by atoms with van der Waals surface area (Å²) in [6.07, 6.45) is 6.69. The second kappa shape index (κ2) is 5.70. The zero-order valence-electron chi connectivity index (χ0n) is 11.4. The molecule has 0 N–H and O–H groups in total. The molecule has 0 radical (unpaired) electrons. The van der Waals surface area contributed by atoms with E-state index in [0.29, 0.717) is 18.2 Å². The molecule has 1 atom stereocenters. The minimum atomic E-state index is -3.51. The molecule has 20 heavy (non-hydrogen) atoms. The van der Waals surface area contributed by atoms with Gasteiger partial charge < -0.3 is 4.42 Å². The molecule has 0 amide bonds. The minimum absolute atomic E-state index is 0.0399. The molecule has 1 unspecified atom stereocenters. The molecule has 4 nitrogen and oxygen atoms in total. The first kappa shape index (κ1) is 14.4. The second-order valence-corrected chi connectivity index (χ2v) is 7.81. The number of rotatable bonds is 4. The third-order valence-electron chi connectivity index (χ3n) is 4.52. The topological polar surface area (TPSA) is 50.5 Å². The predicted octanol–water partition coefficient (Wildman–Crippen LogP) is 3.36. The summed E-state index contributed by atoms with van der Waals surface area (Å²) in [5.74, 6) is 1.22. The maximum Gasteiger partial charge on any atom is 0.276 e. The van der Waals surface area contributed by atoms with E-state index in [1.54, 1.807) is 10.4 Å². The molecular weight excluding hydrogens is 298 g/mol. The Morgan fingerprint density at radius 3 is 2.60 bits per heavy atom. The summed E-state index contributed by atoms with van der Waals surface area (Å²) in [4.78, 5) is 0. The monoisotopic (exact) mass is 317 g/mol. The van der Waals surface area contributed by atoms with E-state index < -0.39 is 10.0 Å². The molecular formula is C14H20ClNO3S. The van der Waals surface area contributed by atoms with Crippen molar-refractivity contribution >= 4 is 21.6 Å². The molecule has 1 aromatic rings. The summed E-state index contributed by atoms with van der Waals surface area (Å²) >= 11 is 5.68. The Balaban J connectivity index is 1.85. The lowest BCUT2D eigenvalue weighted by molar-refractivity contribution is 0.280. The van der Waals surface area contributed by atoms with Crippen LogP contribution in [0.1, 0.15) is 44.3 Å². The first-order chi connectivity index (χ1) is 9.63. The van der Waals surface area contributed by atoms with E-state index in [0.717, 1.165) is 25.7 Å². The second-order valence-electron chi connectivity index (χ2n) is 5.72. The van der Waals surface area contributed by atoms with Crippen molar-refractivity contribution in [3.8, 4) is 0 Å². The standard InChI is InChI=1S/C14H20ClNO3S/c15-10-12-7-8-14(19-12)20(17,18)16-9-3-6-13(16)11-4-1-2-5-11/h7-8,11,13H,1-6,9-10H2. The van der Waals surface area contributed by atoms with Crippen molar-refractivity contribution in [2.24, 2.45) is 5.92 Å². The Labute approximate surface area is 125 Å². The lowest BCUT2D eigenvalue weighted by Gasteiger charge is -2.27. The smallest absolute Gasteiger partial charge is 0.276 e. The molecule has 6 heteroatoms. The van der Waals surface area contributed by atoms with Gasteiger partial charge in [0.15, 0.2) is 0 Å². The van der Waals surface area contributed by atoms with E-state index in [1.807, 2.05) is 0 Å². The highest BCUT2D eigenvalue weighted by Crippen LogP contribution is 2.38. The number of sulfonamides is 1. The summed E-state index contributed by atoms with van der Waals surface area (Å²) in [7, 11) is -3.51. The molecule has 1 aliphatic carbocycles. The average molecular weight is 318 g/mol. The number of furan rings is 1. The Hall–Kier alpha value is -0.520. The summed E-state index contributed by atoms with van der Waals surface area (Å²) in [5, 5.41) is 0.0399. The van der Waals surface area contributed by atoms with Gasteiger partial charge >= 0.3 is 0 Å². The molecule has 2 aliphatic rings. The molecule has 3 rings (SSSR count). The van der Waals surface area contributed by atoms with Crippen LogP contribution in [0.3, 0.4) is 0 Å². The Morgan fingerprint density at radius 1 is 1.20 bits per heavy atom. The first-order valence-corrected chi connectivity index (χ1v) is 9.27. The fourth-order valence-electron chi connectivity index (χ4n) is 3.56. The van der Waals surface area contributed by atoms with Gasteiger partial charge in [0, 0.05) is 12.6 Å². The SMILES string of the molecule is O=S(=O)(c1ccc(CCl)o1)N1CCCC1C1CCCC1. The summed E-state index contributed by atoms with van der Waals surface area (Å²) in [6, 6.07) is 3.32. The Morgan fingerprint density at radius 2 is 1.95 bits per heavy atom. The molecule has 1 saturated carbocycles. The van der Waals surface area contributed by atoms with Crippen LogP contribution in [-0.2, 0) is 15.9 Å². The summed E-state index contributed by atoms with van der Waals surface area (Å²) in [5.41, 5.74) is 0. The maximum atomic E-state index is 12.7. The van der Waals surface area contributed by atoms with E-state index in [2.05, 4.69) is 0 Å². The highest BCUT2D eigenvalue weighted by Gasteiger charge is 2.41. The molecule has 1 aliphatic heterocycles. The van der Waals surface area contributed by atoms with Gasteiger partial charge in [0.25, 0.3) is 10.0 Å². The van der Waals surface area contributed by atoms with Gasteiger partial charge in [-0.3, -0.25) is 0 Å². The fraction of sp³-hybridized carbons (Fsp3) is 0.714. The van der Waals surface area contributed by atoms with Crippen LogP contribution in [0.15, 0.2) is 21.6 Å². The zero-order chi connectivity index (χ0) is 14.2. The summed E-state index contributed by atoms with van der Waals surface area (Å²) in [6.45, 7) is 0.612. The normalized spacial score (nSPS) is 25.6. The van der Waals surface area contributed by atoms with Crippen LogP contribution in [0.5, 0.6) is 0 Å². The average Bonchev–Trinajstić information content (AvgIpc) is 3.17. The maximum absolute atomic E-state index is 12.7. The molecule has 112 valence electrons. The molecule has 1 aromatic heterocycles. The lowest BCUT2D eigenvalue weighted by atomic mass is 9.97. The van der Waals surface area contributed by atoms with Gasteiger partial charge in [-0.1, -0.05) is 12.8 Å². The Bertz CT molecular complexity index is 563. The number of hydrogen-bond donors (Lipinski definition) is 0. The number of nitrogens with zero attached hydrogens (tertiary/aromatic N) is 1. The van der Waals surface area contributed by atoms with Crippen molar-refractivity contribution in [1.82, 2.24) is 4.31 Å². The first-order valence-electron chi connectivity index (χ1n) is 7.29. The highest BCUT2D eigenvalue weighted by atomic mass is 35.5. The fourth-order valence-corrected chi connectivity index (χ4v) is 5.39. The molecule has 1 saturated heterocycles. The van der Waals surface area contributed by atoms with E-state index in [9.17, 15) is 8.42 Å². The number of halogens is 1. The lowest BCUT2D eigenvalue weighted by Crippen LogP contribution is -2.39. The van der Waals surface area contributed by atoms with Gasteiger partial charge in [0.2, 0.25) is 5.09 Å². The van der Waals surface area contributed by atoms with Crippen LogP contribution in [0.4, 0.5) is 0 Å². The summed E-state index contributed by atoms with van der Waals surface area (Å²) < 4.78 is 32.5. The minimum Gasteiger partial charge on any atom is -0.447 e. The van der Waals surface area contributed by atoms with Gasteiger partial charge in [-0.2, -0.15) is 4.31 Å². The molecule has 0 bridgehead atoms. The van der Waals surface area contributed by atoms with Crippen molar-refractivity contribution < 1.29 is 12.8 Å². The third kappa shape index (κ3) is 2.51. The third-order valence-corrected chi connectivity index (χ3v) is 6.59. The van der Waals surface area contributed by atoms with Crippen molar-refractivity contribution in [1.29, 1.82) is 0 Å². The number of alkyl halides is 1. The van der Waals surface area contributed by atoms with E-state index in [-0.39, 0.29) is 17.0 Å². The van der Waals surface area contributed by atoms with E-state index in [1.165, 1.54) is 18.9 Å². The van der Waals surface area contributed by atoms with Crippen LogP contribution in [0, 0.1) is 5.92 Å². The molecule has 0 aromatic carbocycles. The van der Waals surface area contributed by atoms with Gasteiger partial charge in [0.1, 0.15) is 5.76 Å². The van der Waals surface area contributed by atoms with Crippen LogP contribution in [0.25, 0.3) is 0 Å². The van der Waals surface area contributed by atoms with Crippen molar-refractivity contribution in [2.75, 3.05) is 6.54 Å². The highest BCUT2D eigenvalue weighted by molar-refractivity contribution is 7.89. The van der Waals surface area contributed by atoms with Gasteiger partial charge in [0.05, 0.1) is 5.88 Å². The Kier molecular flexibility index (Phi) is 4.11. The van der Waals surface area contributed by atoms with Crippen LogP contribution in [0.2, 0.25) is 0 Å². The molecule has 2 heterocycles. The molecule has 0 spiro atoms. The van der Waals surface area contributed by atoms with Gasteiger partial charge in [-0.05, 0) is 43.7 Å². The van der Waals surface area contributed by atoms with Gasteiger partial charge in [-0.25, -0.2) is 8.42 Å². The van der Waals surface area contributed by atoms with Crippen LogP contribution in [-0.4, -0.2) is 25.3 Å². The van der Waals surface area contributed by atoms with E-state index >= 15 is 0 Å². The quantitative estimate of drug-likeness (QED) is 0.800. The molecule has 2 fully saturated rings. The van der Waals surface area contributed by atoms with Crippen molar-refractivity contribution in [2.45, 2.75) is 55.5 Å². The predicted molar refractivity (Wildman–Crippen MR) is 77.1 cm³/mol. The van der Waals surface area contributed by atoms with E-state index in [4.69, 9.17) is 16.0 Å². The zero-order valence-corrected chi connectivity index (χ0v) is 13.0.